The molecule has 0 bridgehead atoms. The van der Waals surface area contributed by atoms with Crippen LogP contribution in [-0.2, 0) is 0 Å². The second-order valence-electron chi connectivity index (χ2n) is 11.6. The molecule has 0 saturated carbocycles. The fourth-order valence-corrected chi connectivity index (χ4v) is 6.43. The van der Waals surface area contributed by atoms with Gasteiger partial charge in [-0.3, -0.25) is 0 Å². The van der Waals surface area contributed by atoms with Gasteiger partial charge < -0.3 is 4.90 Å². The monoisotopic (exact) mass is 571 g/mol. The van der Waals surface area contributed by atoms with E-state index in [1.54, 1.807) is 0 Å². The molecule has 3 unspecified atom stereocenters. The zero-order valence-corrected chi connectivity index (χ0v) is 25.6. The molecule has 5 aromatic rings. The molecule has 0 heterocycles. The Morgan fingerprint density at radius 1 is 0.750 bits per heavy atom. The van der Waals surface area contributed by atoms with Gasteiger partial charge in [-0.05, 0) is 76.6 Å². The molecule has 0 spiro atoms. The molecule has 0 radical (unpaired) electrons. The van der Waals surface area contributed by atoms with Crippen molar-refractivity contribution in [3.05, 3.63) is 182 Å². The van der Waals surface area contributed by atoms with Crippen LogP contribution < -0.4 is 4.90 Å². The van der Waals surface area contributed by atoms with E-state index < -0.39 is 0 Å². The van der Waals surface area contributed by atoms with Crippen LogP contribution >= 0.6 is 0 Å². The summed E-state index contributed by atoms with van der Waals surface area (Å²) in [4.78, 5) is 2.43. The van der Waals surface area contributed by atoms with Crippen LogP contribution in [0.25, 0.3) is 21.9 Å². The largest absolute Gasteiger partial charge is 0.334 e. The van der Waals surface area contributed by atoms with E-state index >= 15 is 0 Å². The summed E-state index contributed by atoms with van der Waals surface area (Å²) in [5, 5.41) is 2.58. The highest BCUT2D eigenvalue weighted by Gasteiger charge is 2.21. The number of hydrogen-bond donors (Lipinski definition) is 0. The van der Waals surface area contributed by atoms with Crippen LogP contribution in [-0.4, -0.2) is 6.04 Å². The Bertz CT molecular complexity index is 1710. The lowest BCUT2D eigenvalue weighted by Crippen LogP contribution is -2.30. The second kappa shape index (κ2) is 14.1. The Labute approximate surface area is 263 Å². The Hall–Kier alpha value is -4.88. The molecule has 0 aliphatic heterocycles. The van der Waals surface area contributed by atoms with Crippen LogP contribution in [0.1, 0.15) is 37.7 Å². The first-order valence-electron chi connectivity index (χ1n) is 15.9. The third kappa shape index (κ3) is 6.53. The van der Waals surface area contributed by atoms with Crippen LogP contribution in [0.15, 0.2) is 176 Å². The zero-order chi connectivity index (χ0) is 30.1. The number of anilines is 2. The SMILES string of the molecule is C=CC(C/C=C/C(CC)c1ccc(-c2cccc3ccccc23)cc1)C1=CCC(N(c2ccccc2)c2ccccc2)C=C1. The predicted octanol–water partition coefficient (Wildman–Crippen LogP) is 11.8. The highest BCUT2D eigenvalue weighted by atomic mass is 15.2. The van der Waals surface area contributed by atoms with Crippen molar-refractivity contribution in [2.24, 2.45) is 5.92 Å². The molecule has 6 rings (SSSR count). The number of nitrogens with zero attached hydrogens (tertiary/aromatic N) is 1. The van der Waals surface area contributed by atoms with Crippen molar-refractivity contribution in [3.8, 4) is 11.1 Å². The molecule has 1 aliphatic carbocycles. The van der Waals surface area contributed by atoms with Crippen molar-refractivity contribution in [1.29, 1.82) is 0 Å². The van der Waals surface area contributed by atoms with Crippen molar-refractivity contribution in [2.45, 2.75) is 38.1 Å². The van der Waals surface area contributed by atoms with Gasteiger partial charge in [0.1, 0.15) is 0 Å². The van der Waals surface area contributed by atoms with E-state index in [1.165, 1.54) is 44.4 Å². The van der Waals surface area contributed by atoms with E-state index in [0.717, 1.165) is 19.3 Å². The highest BCUT2D eigenvalue weighted by molar-refractivity contribution is 5.96. The molecule has 1 heteroatoms. The van der Waals surface area contributed by atoms with Gasteiger partial charge in [0.25, 0.3) is 0 Å². The van der Waals surface area contributed by atoms with Crippen molar-refractivity contribution in [3.63, 3.8) is 0 Å². The molecule has 0 fully saturated rings. The maximum absolute atomic E-state index is 4.20. The summed E-state index contributed by atoms with van der Waals surface area (Å²) in [6, 6.07) is 46.0. The number of rotatable bonds is 11. The number of para-hydroxylation sites is 2. The minimum absolute atomic E-state index is 0.269. The molecule has 1 aliphatic rings. The van der Waals surface area contributed by atoms with Crippen LogP contribution in [0.5, 0.6) is 0 Å². The highest BCUT2D eigenvalue weighted by Crippen LogP contribution is 2.34. The van der Waals surface area contributed by atoms with Gasteiger partial charge in [-0.2, -0.15) is 0 Å². The van der Waals surface area contributed by atoms with Gasteiger partial charge >= 0.3 is 0 Å². The fourth-order valence-electron chi connectivity index (χ4n) is 6.43. The summed E-state index contributed by atoms with van der Waals surface area (Å²) in [5.74, 6) is 0.698. The molecule has 0 N–H and O–H groups in total. The Morgan fingerprint density at radius 2 is 1.41 bits per heavy atom. The lowest BCUT2D eigenvalue weighted by atomic mass is 9.88. The van der Waals surface area contributed by atoms with Gasteiger partial charge in [-0.15, -0.1) is 6.58 Å². The number of allylic oxidation sites excluding steroid dienone is 5. The number of fused-ring (bicyclic) bond motifs is 1. The molecule has 218 valence electrons. The molecule has 0 amide bonds. The van der Waals surface area contributed by atoms with Gasteiger partial charge in [-0.1, -0.05) is 147 Å². The van der Waals surface area contributed by atoms with Gasteiger partial charge in [0, 0.05) is 23.2 Å². The van der Waals surface area contributed by atoms with E-state index in [0.29, 0.717) is 11.8 Å². The summed E-state index contributed by atoms with van der Waals surface area (Å²) in [7, 11) is 0. The molecule has 44 heavy (non-hydrogen) atoms. The summed E-state index contributed by atoms with van der Waals surface area (Å²) < 4.78 is 0. The van der Waals surface area contributed by atoms with E-state index in [1.807, 2.05) is 0 Å². The van der Waals surface area contributed by atoms with Gasteiger partial charge in [0.15, 0.2) is 0 Å². The Kier molecular flexibility index (Phi) is 9.33. The quantitative estimate of drug-likeness (QED) is 0.143. The van der Waals surface area contributed by atoms with Gasteiger partial charge in [-0.25, -0.2) is 0 Å². The number of hydrogen-bond acceptors (Lipinski definition) is 1. The summed E-state index contributed by atoms with van der Waals surface area (Å²) in [6.07, 6.45) is 16.9. The Morgan fingerprint density at radius 3 is 2.05 bits per heavy atom. The average molecular weight is 572 g/mol. The lowest BCUT2D eigenvalue weighted by molar-refractivity contribution is 0.730. The van der Waals surface area contributed by atoms with E-state index in [-0.39, 0.29) is 6.04 Å². The normalized spacial score (nSPS) is 16.0. The predicted molar refractivity (Wildman–Crippen MR) is 191 cm³/mol. The molecule has 0 aromatic heterocycles. The van der Waals surface area contributed by atoms with Gasteiger partial charge in [0.05, 0.1) is 6.04 Å². The van der Waals surface area contributed by atoms with E-state index in [2.05, 4.69) is 182 Å². The topological polar surface area (TPSA) is 3.24 Å². The van der Waals surface area contributed by atoms with E-state index in [4.69, 9.17) is 0 Å². The van der Waals surface area contributed by atoms with Crippen LogP contribution in [0.4, 0.5) is 11.4 Å². The molecule has 0 saturated heterocycles. The first kappa shape index (κ1) is 29.2. The first-order chi connectivity index (χ1) is 21.7. The zero-order valence-electron chi connectivity index (χ0n) is 25.6. The van der Waals surface area contributed by atoms with Crippen molar-refractivity contribution in [2.75, 3.05) is 4.90 Å². The molecular weight excluding hydrogens is 530 g/mol. The smallest absolute Gasteiger partial charge is 0.0560 e. The second-order valence-corrected chi connectivity index (χ2v) is 11.6. The van der Waals surface area contributed by atoms with Crippen molar-refractivity contribution in [1.82, 2.24) is 0 Å². The summed E-state index contributed by atoms with van der Waals surface area (Å²) in [6.45, 7) is 6.48. The fraction of sp³-hybridized carbons (Fsp3) is 0.163. The van der Waals surface area contributed by atoms with Crippen LogP contribution in [0.3, 0.4) is 0 Å². The maximum Gasteiger partial charge on any atom is 0.0560 e. The summed E-state index contributed by atoms with van der Waals surface area (Å²) >= 11 is 0. The first-order valence-corrected chi connectivity index (χ1v) is 15.9. The molecule has 1 nitrogen and oxygen atoms in total. The van der Waals surface area contributed by atoms with Crippen molar-refractivity contribution >= 4 is 22.1 Å². The summed E-state index contributed by atoms with van der Waals surface area (Å²) in [5.41, 5.74) is 7.70. The van der Waals surface area contributed by atoms with Gasteiger partial charge in [0.2, 0.25) is 0 Å². The van der Waals surface area contributed by atoms with E-state index in [9.17, 15) is 0 Å². The maximum atomic E-state index is 4.20. The average Bonchev–Trinajstić information content (AvgIpc) is 3.10. The Balaban J connectivity index is 1.12. The standard InChI is InChI=1S/C43H41N/c1-3-33(35-25-27-38(28-26-35)43-24-14-18-37-15-11-12-23-42(37)43)16-13-17-34(4-2)36-29-31-41(32-30-36)44(39-19-7-5-8-20-39)40-21-9-6-10-22-40/h4-16,18-31,33-34,41H,2-3,17,32H2,1H3/b16-13+. The van der Waals surface area contributed by atoms with Crippen LogP contribution in [0.2, 0.25) is 0 Å². The lowest BCUT2D eigenvalue weighted by Gasteiger charge is -2.33. The molecule has 3 atom stereocenters. The molecular formula is C43H41N. The molecule has 5 aromatic carbocycles. The number of benzene rings is 5. The van der Waals surface area contributed by atoms with Crippen LogP contribution in [0, 0.1) is 5.92 Å². The third-order valence-electron chi connectivity index (χ3n) is 8.86. The van der Waals surface area contributed by atoms with Crippen molar-refractivity contribution < 1.29 is 0 Å². The minimum Gasteiger partial charge on any atom is -0.334 e. The minimum atomic E-state index is 0.269. The third-order valence-corrected chi connectivity index (χ3v) is 8.86.